The van der Waals surface area contributed by atoms with Crippen LogP contribution in [0, 0.1) is 5.41 Å². The van der Waals surface area contributed by atoms with Crippen LogP contribution in [0.3, 0.4) is 0 Å². The summed E-state index contributed by atoms with van der Waals surface area (Å²) in [6.07, 6.45) is -7.21. The molecule has 12 N–H and O–H groups in total. The number of hydrogen-bond donors (Lipinski definition) is 11. The van der Waals surface area contributed by atoms with Crippen LogP contribution >= 0.6 is 35.2 Å². The SMILES string of the molecule is CC(C)(COP(=O)(O)OP(=O)(O)OCC1OC(n2cnc3c(N)ncnc32)C(O)C1OP(=O)(O)O)C(O)C(=O)NCCC(=O)NCCSC(=O)c1nc(=O)[nH]c(=O)[nH]1. The maximum Gasteiger partial charge on any atom is 0.481 e. The van der Waals surface area contributed by atoms with Crippen molar-refractivity contribution in [3.63, 3.8) is 0 Å². The second-order valence-corrected chi connectivity index (χ2v) is 17.9. The average Bonchev–Trinajstić information content (AvgIpc) is 3.67. The number of H-pyrrole nitrogens is 2. The van der Waals surface area contributed by atoms with Crippen molar-refractivity contribution in [2.24, 2.45) is 5.41 Å². The standard InChI is InChI=1S/C25H37N10O19P3S/c1-25(2,16(38)20(39)28-4-3-12(36)27-5-6-58-22(40)18-32-23(41)34-24(42)33-18)8-51-57(48,49)54-56(46,47)50-7-11-15(53-55(43,44)45)14(37)21(52-11)35-10-31-13-17(26)29-9-30-19(13)35/h9-11,14-16,21,37-38H,3-8H2,1-2H3,(H,27,36)(H,28,39)(H,46,47)(H,48,49)(H2,26,29,30)(H2,43,44,45)(H2,32,33,34,41,42). The van der Waals surface area contributed by atoms with E-state index in [0.717, 1.165) is 17.2 Å². The molecule has 1 saturated heterocycles. The van der Waals surface area contributed by atoms with Crippen LogP contribution in [0.25, 0.3) is 11.2 Å². The number of aliphatic hydroxyl groups is 2. The molecule has 1 fully saturated rings. The van der Waals surface area contributed by atoms with Crippen molar-refractivity contribution >= 4 is 69.1 Å². The predicted molar refractivity (Wildman–Crippen MR) is 192 cm³/mol. The van der Waals surface area contributed by atoms with E-state index in [-0.39, 0.29) is 42.2 Å². The first-order valence-electron chi connectivity index (χ1n) is 16.1. The molecule has 322 valence electrons. The van der Waals surface area contributed by atoms with E-state index in [1.54, 1.807) is 4.98 Å². The number of thioether (sulfide) groups is 1. The van der Waals surface area contributed by atoms with Gasteiger partial charge in [0.15, 0.2) is 23.5 Å². The van der Waals surface area contributed by atoms with Gasteiger partial charge in [-0.25, -0.2) is 38.2 Å². The Kier molecular flexibility index (Phi) is 15.4. The summed E-state index contributed by atoms with van der Waals surface area (Å²) in [5.41, 5.74) is 2.23. The number of phosphoric ester groups is 3. The molecule has 33 heteroatoms. The Morgan fingerprint density at radius 2 is 1.74 bits per heavy atom. The van der Waals surface area contributed by atoms with E-state index < -0.39 is 107 Å². The summed E-state index contributed by atoms with van der Waals surface area (Å²) in [5, 5.41) is 25.4. The Morgan fingerprint density at radius 1 is 1.05 bits per heavy atom. The summed E-state index contributed by atoms with van der Waals surface area (Å²) >= 11 is 0.655. The number of nitrogens with zero attached hydrogens (tertiary/aromatic N) is 5. The first-order valence-corrected chi connectivity index (χ1v) is 21.7. The van der Waals surface area contributed by atoms with Gasteiger partial charge < -0.3 is 50.9 Å². The fraction of sp³-hybridized carbons (Fsp3) is 0.560. The number of nitrogens with two attached hydrogens (primary N) is 1. The second kappa shape index (κ2) is 19.0. The fourth-order valence-electron chi connectivity index (χ4n) is 4.83. The largest absolute Gasteiger partial charge is 0.481 e. The van der Waals surface area contributed by atoms with Crippen molar-refractivity contribution in [2.45, 2.75) is 50.9 Å². The molecule has 0 aliphatic carbocycles. The highest BCUT2D eigenvalue weighted by Gasteiger charge is 2.50. The lowest BCUT2D eigenvalue weighted by Gasteiger charge is -2.30. The van der Waals surface area contributed by atoms with Gasteiger partial charge in [-0.05, 0) is 0 Å². The number of anilines is 1. The van der Waals surface area contributed by atoms with Crippen molar-refractivity contribution in [3.05, 3.63) is 39.4 Å². The topological polar surface area (TPSA) is 442 Å². The molecule has 4 heterocycles. The molecule has 2 amide bonds. The van der Waals surface area contributed by atoms with Gasteiger partial charge >= 0.3 is 34.8 Å². The summed E-state index contributed by atoms with van der Waals surface area (Å²) in [6.45, 7) is 0.00282. The van der Waals surface area contributed by atoms with E-state index in [1.165, 1.54) is 13.8 Å². The van der Waals surface area contributed by atoms with Gasteiger partial charge in [0.1, 0.15) is 36.3 Å². The van der Waals surface area contributed by atoms with Crippen molar-refractivity contribution < 1.29 is 80.5 Å². The minimum Gasteiger partial charge on any atom is -0.386 e. The zero-order chi connectivity index (χ0) is 43.2. The van der Waals surface area contributed by atoms with Crippen molar-refractivity contribution in [1.82, 2.24) is 45.1 Å². The fourth-order valence-corrected chi connectivity index (χ4v) is 8.28. The molecule has 0 bridgehead atoms. The minimum absolute atomic E-state index is 0.0136. The molecule has 3 aromatic heterocycles. The lowest BCUT2D eigenvalue weighted by atomic mass is 9.87. The third-order valence-electron chi connectivity index (χ3n) is 7.59. The van der Waals surface area contributed by atoms with Gasteiger partial charge in [-0.15, -0.1) is 0 Å². The van der Waals surface area contributed by atoms with Gasteiger partial charge in [0.05, 0.1) is 19.5 Å². The number of nitrogens with one attached hydrogen (secondary N) is 4. The van der Waals surface area contributed by atoms with Crippen LogP contribution in [0.5, 0.6) is 0 Å². The zero-order valence-corrected chi connectivity index (χ0v) is 33.3. The number of fused-ring (bicyclic) bond motifs is 1. The molecule has 7 unspecified atom stereocenters. The summed E-state index contributed by atoms with van der Waals surface area (Å²) in [4.78, 5) is 117. The van der Waals surface area contributed by atoms with E-state index in [9.17, 15) is 67.5 Å². The minimum atomic E-state index is -5.60. The highest BCUT2D eigenvalue weighted by atomic mass is 32.2. The molecule has 0 saturated carbocycles. The Balaban J connectivity index is 1.23. The van der Waals surface area contributed by atoms with Crippen LogP contribution in [-0.2, 0) is 45.9 Å². The summed E-state index contributed by atoms with van der Waals surface area (Å²) in [6, 6.07) is 0. The van der Waals surface area contributed by atoms with E-state index in [0.29, 0.717) is 11.8 Å². The number of rotatable bonds is 20. The Hall–Kier alpha value is -3.83. The van der Waals surface area contributed by atoms with Gasteiger partial charge in [-0.1, -0.05) is 25.6 Å². The quantitative estimate of drug-likeness (QED) is 0.0392. The van der Waals surface area contributed by atoms with Crippen LogP contribution in [-0.4, -0.2) is 138 Å². The molecule has 7 atom stereocenters. The number of imidazole rings is 1. The summed E-state index contributed by atoms with van der Waals surface area (Å²) in [5.74, 6) is -2.12. The monoisotopic (exact) mass is 906 g/mol. The number of nitrogen functional groups attached to an aromatic ring is 1. The van der Waals surface area contributed by atoms with Crippen LogP contribution in [0.1, 0.15) is 37.1 Å². The van der Waals surface area contributed by atoms with Gasteiger partial charge in [0.25, 0.3) is 5.12 Å². The molecule has 0 radical (unpaired) electrons. The number of aromatic amines is 2. The number of ether oxygens (including phenoxy) is 1. The molecule has 4 rings (SSSR count). The average molecular weight is 907 g/mol. The summed E-state index contributed by atoms with van der Waals surface area (Å²) in [7, 11) is -16.5. The molecular formula is C25H37N10O19P3S. The number of carbonyl (C=O) groups is 3. The normalized spacial score (nSPS) is 21.2. The Bertz CT molecular complexity index is 2220. The highest BCUT2D eigenvalue weighted by Crippen LogP contribution is 2.61. The number of carbonyl (C=O) groups excluding carboxylic acids is 3. The maximum absolute atomic E-state index is 12.7. The third-order valence-corrected chi connectivity index (χ3v) is 11.6. The molecule has 29 nitrogen and oxygen atoms in total. The van der Waals surface area contributed by atoms with Crippen molar-refractivity contribution in [3.8, 4) is 0 Å². The van der Waals surface area contributed by atoms with Gasteiger partial charge in [-0.2, -0.15) is 9.29 Å². The van der Waals surface area contributed by atoms with Gasteiger partial charge in [0.2, 0.25) is 11.8 Å². The van der Waals surface area contributed by atoms with E-state index in [4.69, 9.17) is 19.5 Å². The van der Waals surface area contributed by atoms with Crippen LogP contribution in [0.15, 0.2) is 22.2 Å². The van der Waals surface area contributed by atoms with E-state index in [1.807, 2.05) is 0 Å². The molecule has 58 heavy (non-hydrogen) atoms. The molecule has 1 aliphatic rings. The lowest BCUT2D eigenvalue weighted by Crippen LogP contribution is -2.46. The third kappa shape index (κ3) is 13.1. The number of phosphoric acid groups is 3. The van der Waals surface area contributed by atoms with Crippen molar-refractivity contribution in [2.75, 3.05) is 37.8 Å². The van der Waals surface area contributed by atoms with Crippen LogP contribution < -0.4 is 27.7 Å². The van der Waals surface area contributed by atoms with Gasteiger partial charge in [0, 0.05) is 30.7 Å². The summed E-state index contributed by atoms with van der Waals surface area (Å²) < 4.78 is 62.0. The molecule has 1 aliphatic heterocycles. The molecular weight excluding hydrogens is 869 g/mol. The van der Waals surface area contributed by atoms with Crippen LogP contribution in [0.2, 0.25) is 0 Å². The highest BCUT2D eigenvalue weighted by molar-refractivity contribution is 8.14. The van der Waals surface area contributed by atoms with Gasteiger partial charge in [-0.3, -0.25) is 42.5 Å². The Morgan fingerprint density at radius 3 is 2.41 bits per heavy atom. The van der Waals surface area contributed by atoms with E-state index >= 15 is 0 Å². The smallest absolute Gasteiger partial charge is 0.386 e. The van der Waals surface area contributed by atoms with Crippen molar-refractivity contribution in [1.29, 1.82) is 0 Å². The first kappa shape index (κ1) is 46.9. The second-order valence-electron chi connectivity index (χ2n) is 12.5. The first-order chi connectivity index (χ1) is 26.9. The molecule has 0 aromatic carbocycles. The van der Waals surface area contributed by atoms with E-state index in [2.05, 4.69) is 44.4 Å². The zero-order valence-electron chi connectivity index (χ0n) is 29.8. The number of aromatic nitrogens is 7. The number of aliphatic hydroxyl groups excluding tert-OH is 2. The van der Waals surface area contributed by atoms with Crippen LogP contribution in [0.4, 0.5) is 5.82 Å². The predicted octanol–water partition coefficient (Wildman–Crippen LogP) is -3.25. The lowest BCUT2D eigenvalue weighted by molar-refractivity contribution is -0.137. The molecule has 3 aromatic rings. The number of amides is 2. The Labute approximate surface area is 327 Å². The molecule has 0 spiro atoms. The number of hydrogen-bond acceptors (Lipinski definition) is 21. The maximum atomic E-state index is 12.7.